The van der Waals surface area contributed by atoms with Crippen LogP contribution in [0.15, 0.2) is 23.0 Å². The fourth-order valence-electron chi connectivity index (χ4n) is 2.81. The normalized spacial score (nSPS) is 15.0. The third kappa shape index (κ3) is 2.83. The van der Waals surface area contributed by atoms with Crippen molar-refractivity contribution in [2.45, 2.75) is 33.4 Å². The Morgan fingerprint density at radius 3 is 2.95 bits per heavy atom. The highest BCUT2D eigenvalue weighted by molar-refractivity contribution is 5.35. The lowest BCUT2D eigenvalue weighted by molar-refractivity contribution is 0.241. The number of nitrogens with zero attached hydrogens (tertiary/aromatic N) is 2. The Morgan fingerprint density at radius 1 is 1.38 bits per heavy atom. The van der Waals surface area contributed by atoms with Crippen LogP contribution in [0.4, 0.5) is 0 Å². The number of hydrogen-bond donors (Lipinski definition) is 2. The SMILES string of the molecule is Cc1nc2c(c(=O)[nH]1)CN(Cc1ccc(O)c(C)c1)CC2. The van der Waals surface area contributed by atoms with Crippen molar-refractivity contribution in [2.24, 2.45) is 0 Å². The Hall–Kier alpha value is -2.14. The van der Waals surface area contributed by atoms with Crippen molar-refractivity contribution in [3.63, 3.8) is 0 Å². The first kappa shape index (κ1) is 13.8. The predicted molar refractivity (Wildman–Crippen MR) is 80.3 cm³/mol. The van der Waals surface area contributed by atoms with Gasteiger partial charge in [-0.25, -0.2) is 4.98 Å². The largest absolute Gasteiger partial charge is 0.508 e. The van der Waals surface area contributed by atoms with Gasteiger partial charge in [0.15, 0.2) is 0 Å². The standard InChI is InChI=1S/C16H19N3O2/c1-10-7-12(3-4-15(10)20)8-19-6-5-14-13(9-19)16(21)18-11(2)17-14/h3-4,7,20H,5-6,8-9H2,1-2H3,(H,17,18,21). The van der Waals surface area contributed by atoms with Crippen LogP contribution in [-0.2, 0) is 19.5 Å². The lowest BCUT2D eigenvalue weighted by atomic mass is 10.1. The minimum atomic E-state index is -0.0240. The average molecular weight is 285 g/mol. The van der Waals surface area contributed by atoms with E-state index in [0.717, 1.165) is 41.9 Å². The molecule has 0 bridgehead atoms. The Bertz CT molecular complexity index is 737. The Balaban J connectivity index is 1.80. The number of phenolic OH excluding ortho intramolecular Hbond substituents is 1. The molecule has 1 aliphatic rings. The van der Waals surface area contributed by atoms with Crippen LogP contribution in [0.5, 0.6) is 5.75 Å². The fraction of sp³-hybridized carbons (Fsp3) is 0.375. The summed E-state index contributed by atoms with van der Waals surface area (Å²) in [5.74, 6) is 1.00. The molecular formula is C16H19N3O2. The smallest absolute Gasteiger partial charge is 0.255 e. The van der Waals surface area contributed by atoms with Crippen molar-refractivity contribution < 1.29 is 5.11 Å². The van der Waals surface area contributed by atoms with Gasteiger partial charge in [-0.05, 0) is 31.0 Å². The van der Waals surface area contributed by atoms with Crippen molar-refractivity contribution in [3.05, 3.63) is 56.8 Å². The number of nitrogens with one attached hydrogen (secondary N) is 1. The van der Waals surface area contributed by atoms with Gasteiger partial charge in [-0.15, -0.1) is 0 Å². The Kier molecular flexibility index (Phi) is 3.51. The molecule has 1 aromatic carbocycles. The van der Waals surface area contributed by atoms with E-state index < -0.39 is 0 Å². The summed E-state index contributed by atoms with van der Waals surface area (Å²) < 4.78 is 0. The maximum absolute atomic E-state index is 12.0. The van der Waals surface area contributed by atoms with Crippen LogP contribution in [0.1, 0.15) is 28.2 Å². The lowest BCUT2D eigenvalue weighted by Crippen LogP contribution is -2.35. The molecule has 1 aromatic heterocycles. The highest BCUT2D eigenvalue weighted by Crippen LogP contribution is 2.20. The van der Waals surface area contributed by atoms with Gasteiger partial charge in [-0.1, -0.05) is 12.1 Å². The van der Waals surface area contributed by atoms with Crippen LogP contribution in [0.2, 0.25) is 0 Å². The molecular weight excluding hydrogens is 266 g/mol. The number of aryl methyl sites for hydroxylation is 2. The van der Waals surface area contributed by atoms with Crippen LogP contribution in [0, 0.1) is 13.8 Å². The van der Waals surface area contributed by atoms with Crippen LogP contribution < -0.4 is 5.56 Å². The molecule has 0 amide bonds. The molecule has 0 spiro atoms. The van der Waals surface area contributed by atoms with E-state index in [2.05, 4.69) is 14.9 Å². The van der Waals surface area contributed by atoms with E-state index in [-0.39, 0.29) is 5.56 Å². The molecule has 2 aromatic rings. The maximum atomic E-state index is 12.0. The minimum Gasteiger partial charge on any atom is -0.508 e. The third-order valence-electron chi connectivity index (χ3n) is 3.93. The van der Waals surface area contributed by atoms with E-state index in [9.17, 15) is 9.90 Å². The summed E-state index contributed by atoms with van der Waals surface area (Å²) in [6.07, 6.45) is 0.803. The lowest BCUT2D eigenvalue weighted by Gasteiger charge is -2.27. The zero-order chi connectivity index (χ0) is 15.0. The zero-order valence-corrected chi connectivity index (χ0v) is 12.3. The first-order chi connectivity index (χ1) is 10.0. The van der Waals surface area contributed by atoms with Gasteiger partial charge in [-0.2, -0.15) is 0 Å². The summed E-state index contributed by atoms with van der Waals surface area (Å²) >= 11 is 0. The minimum absolute atomic E-state index is 0.0240. The van der Waals surface area contributed by atoms with Crippen LogP contribution in [0.25, 0.3) is 0 Å². The number of fused-ring (bicyclic) bond motifs is 1. The van der Waals surface area contributed by atoms with E-state index >= 15 is 0 Å². The van der Waals surface area contributed by atoms with Crippen LogP contribution in [0.3, 0.4) is 0 Å². The summed E-state index contributed by atoms with van der Waals surface area (Å²) in [6.45, 7) is 5.99. The van der Waals surface area contributed by atoms with Crippen molar-refractivity contribution in [1.29, 1.82) is 0 Å². The Labute approximate surface area is 123 Å². The van der Waals surface area contributed by atoms with Gasteiger partial charge in [0.2, 0.25) is 0 Å². The van der Waals surface area contributed by atoms with Gasteiger partial charge in [0.1, 0.15) is 11.6 Å². The van der Waals surface area contributed by atoms with Crippen LogP contribution in [-0.4, -0.2) is 26.5 Å². The highest BCUT2D eigenvalue weighted by Gasteiger charge is 2.20. The van der Waals surface area contributed by atoms with Gasteiger partial charge < -0.3 is 10.1 Å². The molecule has 0 aliphatic carbocycles. The first-order valence-corrected chi connectivity index (χ1v) is 7.12. The number of aromatic hydroxyl groups is 1. The van der Waals surface area contributed by atoms with Crippen molar-refractivity contribution in [2.75, 3.05) is 6.54 Å². The van der Waals surface area contributed by atoms with Gasteiger partial charge in [0.05, 0.1) is 11.3 Å². The number of rotatable bonds is 2. The predicted octanol–water partition coefficient (Wildman–Crippen LogP) is 1.65. The van der Waals surface area contributed by atoms with E-state index in [1.807, 2.05) is 26.0 Å². The second-order valence-electron chi connectivity index (χ2n) is 5.66. The van der Waals surface area contributed by atoms with E-state index in [1.165, 1.54) is 0 Å². The maximum Gasteiger partial charge on any atom is 0.255 e. The molecule has 0 saturated heterocycles. The number of aromatic nitrogens is 2. The molecule has 3 rings (SSSR count). The number of benzene rings is 1. The molecule has 5 heteroatoms. The van der Waals surface area contributed by atoms with Crippen molar-refractivity contribution >= 4 is 0 Å². The summed E-state index contributed by atoms with van der Waals surface area (Å²) in [6, 6.07) is 5.64. The quantitative estimate of drug-likeness (QED) is 0.880. The summed E-state index contributed by atoms with van der Waals surface area (Å²) in [4.78, 5) is 21.5. The second kappa shape index (κ2) is 5.33. The molecule has 0 radical (unpaired) electrons. The second-order valence-corrected chi connectivity index (χ2v) is 5.66. The number of aromatic amines is 1. The highest BCUT2D eigenvalue weighted by atomic mass is 16.3. The average Bonchev–Trinajstić information content (AvgIpc) is 2.43. The molecule has 1 aliphatic heterocycles. The van der Waals surface area contributed by atoms with Gasteiger partial charge in [0.25, 0.3) is 5.56 Å². The fourth-order valence-corrected chi connectivity index (χ4v) is 2.81. The van der Waals surface area contributed by atoms with Gasteiger partial charge in [0, 0.05) is 26.1 Å². The summed E-state index contributed by atoms with van der Waals surface area (Å²) in [7, 11) is 0. The first-order valence-electron chi connectivity index (χ1n) is 7.12. The van der Waals surface area contributed by atoms with Crippen LogP contribution >= 0.6 is 0 Å². The molecule has 2 N–H and O–H groups in total. The summed E-state index contributed by atoms with van der Waals surface area (Å²) in [5, 5.41) is 9.57. The zero-order valence-electron chi connectivity index (χ0n) is 12.3. The van der Waals surface area contributed by atoms with E-state index in [4.69, 9.17) is 0 Å². The van der Waals surface area contributed by atoms with E-state index in [1.54, 1.807) is 6.07 Å². The molecule has 21 heavy (non-hydrogen) atoms. The van der Waals surface area contributed by atoms with Crippen molar-refractivity contribution in [3.8, 4) is 5.75 Å². The molecule has 5 nitrogen and oxygen atoms in total. The molecule has 110 valence electrons. The molecule has 0 saturated carbocycles. The van der Waals surface area contributed by atoms with E-state index in [0.29, 0.717) is 18.1 Å². The molecule has 0 unspecified atom stereocenters. The van der Waals surface area contributed by atoms with Crippen molar-refractivity contribution in [1.82, 2.24) is 14.9 Å². The summed E-state index contributed by atoms with van der Waals surface area (Å²) in [5.41, 5.74) is 3.70. The topological polar surface area (TPSA) is 69.2 Å². The molecule has 0 atom stereocenters. The van der Waals surface area contributed by atoms with Gasteiger partial charge >= 0.3 is 0 Å². The molecule has 0 fully saturated rings. The number of H-pyrrole nitrogens is 1. The molecule has 2 heterocycles. The number of phenols is 1. The monoisotopic (exact) mass is 285 g/mol. The third-order valence-corrected chi connectivity index (χ3v) is 3.93. The Morgan fingerprint density at radius 2 is 2.19 bits per heavy atom. The van der Waals surface area contributed by atoms with Gasteiger partial charge in [-0.3, -0.25) is 9.69 Å². The number of hydrogen-bond acceptors (Lipinski definition) is 4.